The van der Waals surface area contributed by atoms with Crippen molar-refractivity contribution in [2.75, 3.05) is 20.3 Å². The lowest BCUT2D eigenvalue weighted by Crippen LogP contribution is -2.14. The van der Waals surface area contributed by atoms with Crippen molar-refractivity contribution in [3.63, 3.8) is 0 Å². The van der Waals surface area contributed by atoms with Crippen molar-refractivity contribution in [1.29, 1.82) is 0 Å². The van der Waals surface area contributed by atoms with Gasteiger partial charge in [-0.05, 0) is 40.0 Å². The summed E-state index contributed by atoms with van der Waals surface area (Å²) in [6, 6.07) is 4.17. The average molecular weight is 238 g/mol. The van der Waals surface area contributed by atoms with Gasteiger partial charge in [0.1, 0.15) is 12.4 Å². The maximum Gasteiger partial charge on any atom is 0.137 e. The molecule has 0 aliphatic heterocycles. The number of nitrogens with zero attached hydrogens (tertiary/aromatic N) is 1. The fourth-order valence-corrected chi connectivity index (χ4v) is 1.32. The fraction of sp³-hybridized carbons (Fsp3) is 0.615. The third-order valence-electron chi connectivity index (χ3n) is 2.44. The van der Waals surface area contributed by atoms with Crippen LogP contribution in [0.5, 0.6) is 5.75 Å². The second-order valence-corrected chi connectivity index (χ2v) is 4.20. The van der Waals surface area contributed by atoms with Crippen LogP contribution in [0.4, 0.5) is 0 Å². The van der Waals surface area contributed by atoms with Crippen LogP contribution in [0.3, 0.4) is 0 Å². The Morgan fingerprint density at radius 3 is 2.53 bits per heavy atom. The van der Waals surface area contributed by atoms with E-state index in [0.717, 1.165) is 11.4 Å². The molecule has 4 heteroatoms. The summed E-state index contributed by atoms with van der Waals surface area (Å²) in [6.07, 6.45) is 1.99. The lowest BCUT2D eigenvalue weighted by Gasteiger charge is -2.11. The van der Waals surface area contributed by atoms with Gasteiger partial charge in [-0.1, -0.05) is 0 Å². The van der Waals surface area contributed by atoms with Gasteiger partial charge in [0.2, 0.25) is 0 Å². The summed E-state index contributed by atoms with van der Waals surface area (Å²) in [6.45, 7) is 7.25. The van der Waals surface area contributed by atoms with Crippen molar-refractivity contribution in [2.24, 2.45) is 0 Å². The van der Waals surface area contributed by atoms with Crippen molar-refractivity contribution in [3.8, 4) is 5.75 Å². The molecule has 1 aromatic heterocycles. The van der Waals surface area contributed by atoms with Crippen LogP contribution < -0.4 is 10.1 Å². The van der Waals surface area contributed by atoms with Crippen LogP contribution in [0, 0.1) is 0 Å². The maximum absolute atomic E-state index is 5.52. The lowest BCUT2D eigenvalue weighted by molar-refractivity contribution is 0.0552. The molecule has 4 nitrogen and oxygen atoms in total. The average Bonchev–Trinajstić information content (AvgIpc) is 2.34. The van der Waals surface area contributed by atoms with E-state index in [9.17, 15) is 0 Å². The van der Waals surface area contributed by atoms with Crippen molar-refractivity contribution >= 4 is 0 Å². The normalized spacial score (nSPS) is 12.8. The molecule has 0 amide bonds. The molecule has 0 spiro atoms. The van der Waals surface area contributed by atoms with Gasteiger partial charge in [-0.15, -0.1) is 0 Å². The van der Waals surface area contributed by atoms with Crippen molar-refractivity contribution in [3.05, 3.63) is 24.0 Å². The molecule has 17 heavy (non-hydrogen) atoms. The molecule has 0 bridgehead atoms. The summed E-state index contributed by atoms with van der Waals surface area (Å²) in [5.41, 5.74) is 1.01. The molecule has 1 N–H and O–H groups in total. The quantitative estimate of drug-likeness (QED) is 0.739. The molecule has 0 saturated heterocycles. The number of rotatable bonds is 7. The molecule has 1 heterocycles. The van der Waals surface area contributed by atoms with E-state index in [1.165, 1.54) is 0 Å². The van der Waals surface area contributed by atoms with Gasteiger partial charge in [0.25, 0.3) is 0 Å². The molecule has 0 aliphatic rings. The van der Waals surface area contributed by atoms with Gasteiger partial charge in [-0.3, -0.25) is 4.98 Å². The summed E-state index contributed by atoms with van der Waals surface area (Å²) < 4.78 is 10.9. The van der Waals surface area contributed by atoms with E-state index in [-0.39, 0.29) is 12.1 Å². The summed E-state index contributed by atoms with van der Waals surface area (Å²) in [5.74, 6) is 0.782. The standard InChI is InChI=1S/C13H22N2O2/c1-10(2)16-7-8-17-12-5-6-13(15-9-12)11(3)14-4/h5-6,9-11,14H,7-8H2,1-4H3. The molecular formula is C13H22N2O2. The number of hydrogen-bond donors (Lipinski definition) is 1. The van der Waals surface area contributed by atoms with Gasteiger partial charge in [0, 0.05) is 6.04 Å². The van der Waals surface area contributed by atoms with Crippen molar-refractivity contribution in [2.45, 2.75) is 32.9 Å². The van der Waals surface area contributed by atoms with E-state index < -0.39 is 0 Å². The minimum absolute atomic E-state index is 0.246. The monoisotopic (exact) mass is 238 g/mol. The number of hydrogen-bond acceptors (Lipinski definition) is 4. The Kier molecular flexibility index (Phi) is 5.94. The predicted molar refractivity (Wildman–Crippen MR) is 68.3 cm³/mol. The molecule has 1 unspecified atom stereocenters. The largest absolute Gasteiger partial charge is 0.490 e. The van der Waals surface area contributed by atoms with Gasteiger partial charge < -0.3 is 14.8 Å². The number of nitrogens with one attached hydrogen (secondary N) is 1. The molecule has 1 atom stereocenters. The first-order chi connectivity index (χ1) is 8.13. The molecule has 0 saturated carbocycles. The number of pyridine rings is 1. The Morgan fingerprint density at radius 1 is 1.24 bits per heavy atom. The van der Waals surface area contributed by atoms with Crippen LogP contribution in [-0.2, 0) is 4.74 Å². The number of aromatic nitrogens is 1. The van der Waals surface area contributed by atoms with Gasteiger partial charge in [-0.2, -0.15) is 0 Å². The van der Waals surface area contributed by atoms with E-state index in [0.29, 0.717) is 13.2 Å². The molecule has 1 aromatic rings. The lowest BCUT2D eigenvalue weighted by atomic mass is 10.2. The first-order valence-electron chi connectivity index (χ1n) is 6.01. The van der Waals surface area contributed by atoms with Crippen LogP contribution in [-0.4, -0.2) is 31.3 Å². The summed E-state index contributed by atoms with van der Waals surface area (Å²) >= 11 is 0. The summed E-state index contributed by atoms with van der Waals surface area (Å²) in [7, 11) is 1.92. The summed E-state index contributed by atoms with van der Waals surface area (Å²) in [4.78, 5) is 4.33. The molecule has 96 valence electrons. The van der Waals surface area contributed by atoms with Crippen LogP contribution in [0.2, 0.25) is 0 Å². The van der Waals surface area contributed by atoms with E-state index in [2.05, 4.69) is 17.2 Å². The Bertz CT molecular complexity index is 312. The zero-order valence-electron chi connectivity index (χ0n) is 11.1. The van der Waals surface area contributed by atoms with Crippen LogP contribution in [0.25, 0.3) is 0 Å². The van der Waals surface area contributed by atoms with Crippen molar-refractivity contribution < 1.29 is 9.47 Å². The molecular weight excluding hydrogens is 216 g/mol. The Balaban J connectivity index is 2.35. The molecule has 0 radical (unpaired) electrons. The SMILES string of the molecule is CNC(C)c1ccc(OCCOC(C)C)cn1. The van der Waals surface area contributed by atoms with Crippen LogP contribution in [0.15, 0.2) is 18.3 Å². The zero-order valence-corrected chi connectivity index (χ0v) is 11.1. The highest BCUT2D eigenvalue weighted by molar-refractivity contribution is 5.21. The maximum atomic E-state index is 5.52. The fourth-order valence-electron chi connectivity index (χ4n) is 1.32. The highest BCUT2D eigenvalue weighted by atomic mass is 16.5. The Labute approximate surface area is 103 Å². The van der Waals surface area contributed by atoms with Crippen molar-refractivity contribution in [1.82, 2.24) is 10.3 Å². The smallest absolute Gasteiger partial charge is 0.137 e. The first-order valence-corrected chi connectivity index (χ1v) is 6.01. The van der Waals surface area contributed by atoms with E-state index in [1.807, 2.05) is 33.0 Å². The molecule has 0 aromatic carbocycles. The van der Waals surface area contributed by atoms with Gasteiger partial charge >= 0.3 is 0 Å². The highest BCUT2D eigenvalue weighted by Crippen LogP contribution is 2.13. The topological polar surface area (TPSA) is 43.4 Å². The minimum Gasteiger partial charge on any atom is -0.490 e. The Morgan fingerprint density at radius 2 is 2.00 bits per heavy atom. The zero-order chi connectivity index (χ0) is 12.7. The second kappa shape index (κ2) is 7.25. The third kappa shape index (κ3) is 5.15. The van der Waals surface area contributed by atoms with E-state index in [4.69, 9.17) is 9.47 Å². The number of ether oxygens (including phenoxy) is 2. The second-order valence-electron chi connectivity index (χ2n) is 4.20. The molecule has 0 aliphatic carbocycles. The first kappa shape index (κ1) is 13.9. The highest BCUT2D eigenvalue weighted by Gasteiger charge is 2.03. The third-order valence-corrected chi connectivity index (χ3v) is 2.44. The van der Waals surface area contributed by atoms with Gasteiger partial charge in [-0.25, -0.2) is 0 Å². The van der Waals surface area contributed by atoms with Crippen LogP contribution in [0.1, 0.15) is 32.5 Å². The van der Waals surface area contributed by atoms with Crippen LogP contribution >= 0.6 is 0 Å². The predicted octanol–water partition coefficient (Wildman–Crippen LogP) is 2.17. The molecule has 0 fully saturated rings. The Hall–Kier alpha value is -1.13. The summed E-state index contributed by atoms with van der Waals surface area (Å²) in [5, 5.41) is 3.14. The minimum atomic E-state index is 0.246. The molecule has 1 rings (SSSR count). The van der Waals surface area contributed by atoms with E-state index in [1.54, 1.807) is 6.20 Å². The van der Waals surface area contributed by atoms with Gasteiger partial charge in [0.15, 0.2) is 0 Å². The van der Waals surface area contributed by atoms with Gasteiger partial charge in [0.05, 0.1) is 24.6 Å². The van der Waals surface area contributed by atoms with E-state index >= 15 is 0 Å².